The van der Waals surface area contributed by atoms with Gasteiger partial charge >= 0.3 is 5.97 Å². The summed E-state index contributed by atoms with van der Waals surface area (Å²) in [4.78, 5) is 23.7. The Morgan fingerprint density at radius 1 is 1.12 bits per heavy atom. The van der Waals surface area contributed by atoms with E-state index in [0.29, 0.717) is 17.7 Å². The number of benzene rings is 1. The lowest BCUT2D eigenvalue weighted by molar-refractivity contribution is -0.149. The largest absolute Gasteiger partial charge is 0.454 e. The second-order valence-corrected chi connectivity index (χ2v) is 8.04. The fourth-order valence-corrected chi connectivity index (χ4v) is 4.31. The van der Waals surface area contributed by atoms with Crippen LogP contribution in [-0.4, -0.2) is 39.5 Å². The number of ether oxygens (including phenoxy) is 1. The van der Waals surface area contributed by atoms with E-state index in [9.17, 15) is 18.0 Å². The molecular formula is C18H28N2O5S. The number of amides is 1. The third kappa shape index (κ3) is 5.54. The van der Waals surface area contributed by atoms with E-state index >= 15 is 0 Å². The standard InChI is InChI=1S/C18H28N2O5S/c1-7-8-19-16(21)10-25-18(22)15(6)20-26(23,24)17-13(4)11(2)9-12(3)14(17)5/h9,15,20H,7-8,10H2,1-6H3,(H,19,21)/t15-/m0/s1. The van der Waals surface area contributed by atoms with E-state index < -0.39 is 34.5 Å². The molecule has 0 bridgehead atoms. The Balaban J connectivity index is 2.87. The first-order valence-electron chi connectivity index (χ1n) is 8.54. The Hall–Kier alpha value is -1.93. The smallest absolute Gasteiger partial charge is 0.324 e. The minimum atomic E-state index is -3.92. The van der Waals surface area contributed by atoms with Crippen LogP contribution in [0.4, 0.5) is 0 Å². The van der Waals surface area contributed by atoms with Crippen molar-refractivity contribution in [3.8, 4) is 0 Å². The van der Waals surface area contributed by atoms with Crippen molar-refractivity contribution < 1.29 is 22.7 Å². The van der Waals surface area contributed by atoms with Crippen LogP contribution in [0.1, 0.15) is 42.5 Å². The minimum Gasteiger partial charge on any atom is -0.454 e. The number of carbonyl (C=O) groups is 2. The van der Waals surface area contributed by atoms with Gasteiger partial charge in [-0.3, -0.25) is 9.59 Å². The molecule has 0 unspecified atom stereocenters. The molecule has 26 heavy (non-hydrogen) atoms. The average Bonchev–Trinajstić information content (AvgIpc) is 2.55. The van der Waals surface area contributed by atoms with Gasteiger partial charge in [0.1, 0.15) is 6.04 Å². The van der Waals surface area contributed by atoms with Gasteiger partial charge in [0.2, 0.25) is 10.0 Å². The molecule has 0 aliphatic carbocycles. The fourth-order valence-electron chi connectivity index (χ4n) is 2.50. The third-order valence-electron chi connectivity index (χ3n) is 4.17. The summed E-state index contributed by atoms with van der Waals surface area (Å²) >= 11 is 0. The van der Waals surface area contributed by atoms with Gasteiger partial charge in [-0.15, -0.1) is 0 Å². The van der Waals surface area contributed by atoms with Crippen molar-refractivity contribution in [1.29, 1.82) is 0 Å². The highest BCUT2D eigenvalue weighted by Crippen LogP contribution is 2.26. The summed E-state index contributed by atoms with van der Waals surface area (Å²) < 4.78 is 32.8. The van der Waals surface area contributed by atoms with E-state index in [0.717, 1.165) is 17.5 Å². The van der Waals surface area contributed by atoms with Gasteiger partial charge in [0.15, 0.2) is 6.61 Å². The molecule has 2 N–H and O–H groups in total. The van der Waals surface area contributed by atoms with E-state index in [1.165, 1.54) is 6.92 Å². The highest BCUT2D eigenvalue weighted by molar-refractivity contribution is 7.89. The van der Waals surface area contributed by atoms with Crippen molar-refractivity contribution in [3.63, 3.8) is 0 Å². The van der Waals surface area contributed by atoms with Gasteiger partial charge in [0.05, 0.1) is 4.90 Å². The Labute approximate surface area is 155 Å². The molecule has 0 aromatic heterocycles. The number of rotatable bonds is 8. The quantitative estimate of drug-likeness (QED) is 0.664. The zero-order valence-corrected chi connectivity index (χ0v) is 17.0. The molecule has 0 saturated heterocycles. The van der Waals surface area contributed by atoms with Crippen molar-refractivity contribution >= 4 is 21.9 Å². The van der Waals surface area contributed by atoms with Crippen LogP contribution in [0.2, 0.25) is 0 Å². The molecule has 1 amide bonds. The molecule has 1 aromatic rings. The summed E-state index contributed by atoms with van der Waals surface area (Å²) in [6.45, 7) is 10.5. The van der Waals surface area contributed by atoms with Gasteiger partial charge in [0.25, 0.3) is 5.91 Å². The average molecular weight is 384 g/mol. The molecule has 0 aliphatic heterocycles. The van der Waals surface area contributed by atoms with Gasteiger partial charge in [0, 0.05) is 6.54 Å². The molecule has 0 aliphatic rings. The highest BCUT2D eigenvalue weighted by atomic mass is 32.2. The first kappa shape index (κ1) is 22.1. The fraction of sp³-hybridized carbons (Fsp3) is 0.556. The van der Waals surface area contributed by atoms with Crippen LogP contribution in [0.15, 0.2) is 11.0 Å². The summed E-state index contributed by atoms with van der Waals surface area (Å²) in [5.74, 6) is -1.23. The molecule has 146 valence electrons. The van der Waals surface area contributed by atoms with Crippen molar-refractivity contribution in [3.05, 3.63) is 28.3 Å². The topological polar surface area (TPSA) is 102 Å². The number of hydrogen-bond donors (Lipinski definition) is 2. The number of sulfonamides is 1. The van der Waals surface area contributed by atoms with E-state index in [-0.39, 0.29) is 4.90 Å². The predicted octanol–water partition coefficient (Wildman–Crippen LogP) is 1.66. The molecule has 8 heteroatoms. The maximum absolute atomic E-state index is 12.8. The molecule has 1 rings (SSSR count). The van der Waals surface area contributed by atoms with E-state index in [1.54, 1.807) is 13.8 Å². The maximum Gasteiger partial charge on any atom is 0.324 e. The molecule has 1 aromatic carbocycles. The zero-order valence-electron chi connectivity index (χ0n) is 16.2. The first-order chi connectivity index (χ1) is 12.0. The van der Waals surface area contributed by atoms with Crippen LogP contribution in [0.3, 0.4) is 0 Å². The maximum atomic E-state index is 12.8. The Kier molecular flexibility index (Phi) is 7.77. The number of aryl methyl sites for hydroxylation is 2. The van der Waals surface area contributed by atoms with Crippen molar-refractivity contribution in [2.45, 2.75) is 58.9 Å². The summed E-state index contributed by atoms with van der Waals surface area (Å²) in [6, 6.07) is 0.814. The summed E-state index contributed by atoms with van der Waals surface area (Å²) in [5, 5.41) is 2.57. The van der Waals surface area contributed by atoms with Crippen molar-refractivity contribution in [2.24, 2.45) is 0 Å². The molecule has 1 atom stereocenters. The molecule has 0 saturated carbocycles. The van der Waals surface area contributed by atoms with Crippen molar-refractivity contribution in [1.82, 2.24) is 10.0 Å². The number of nitrogens with one attached hydrogen (secondary N) is 2. The SMILES string of the molecule is CCCNC(=O)COC(=O)[C@H](C)NS(=O)(=O)c1c(C)c(C)cc(C)c1C. The first-order valence-corrected chi connectivity index (χ1v) is 10.0. The summed E-state index contributed by atoms with van der Waals surface area (Å²) in [7, 11) is -3.92. The predicted molar refractivity (Wildman–Crippen MR) is 99.4 cm³/mol. The number of carbonyl (C=O) groups excluding carboxylic acids is 2. The van der Waals surface area contributed by atoms with Gasteiger partial charge in [-0.1, -0.05) is 13.0 Å². The number of hydrogen-bond acceptors (Lipinski definition) is 5. The van der Waals surface area contributed by atoms with Gasteiger partial charge < -0.3 is 10.1 Å². The Bertz CT molecular complexity index is 761. The lowest BCUT2D eigenvalue weighted by Gasteiger charge is -2.18. The summed E-state index contributed by atoms with van der Waals surface area (Å²) in [6.07, 6.45) is 0.768. The normalized spacial score (nSPS) is 12.5. The molecule has 0 radical (unpaired) electrons. The highest BCUT2D eigenvalue weighted by Gasteiger charge is 2.27. The molecule has 0 fully saturated rings. The number of esters is 1. The zero-order chi connectivity index (χ0) is 20.1. The lowest BCUT2D eigenvalue weighted by Crippen LogP contribution is -2.41. The van der Waals surface area contributed by atoms with E-state index in [1.807, 2.05) is 26.8 Å². The third-order valence-corrected chi connectivity index (χ3v) is 5.98. The van der Waals surface area contributed by atoms with Crippen LogP contribution < -0.4 is 10.0 Å². The lowest BCUT2D eigenvalue weighted by atomic mass is 10.0. The van der Waals surface area contributed by atoms with Crippen LogP contribution >= 0.6 is 0 Å². The Morgan fingerprint density at radius 3 is 2.15 bits per heavy atom. The van der Waals surface area contributed by atoms with Crippen LogP contribution in [0, 0.1) is 27.7 Å². The minimum absolute atomic E-state index is 0.176. The van der Waals surface area contributed by atoms with Crippen LogP contribution in [-0.2, 0) is 24.3 Å². The van der Waals surface area contributed by atoms with E-state index in [4.69, 9.17) is 4.74 Å². The molecular weight excluding hydrogens is 356 g/mol. The second kappa shape index (κ2) is 9.14. The summed E-state index contributed by atoms with van der Waals surface area (Å²) in [5.41, 5.74) is 2.99. The van der Waals surface area contributed by atoms with Gasteiger partial charge in [-0.25, -0.2) is 8.42 Å². The van der Waals surface area contributed by atoms with Crippen molar-refractivity contribution in [2.75, 3.05) is 13.2 Å². The van der Waals surface area contributed by atoms with Crippen LogP contribution in [0.5, 0.6) is 0 Å². The second-order valence-electron chi connectivity index (χ2n) is 6.39. The monoisotopic (exact) mass is 384 g/mol. The molecule has 0 heterocycles. The molecule has 7 nitrogen and oxygen atoms in total. The van der Waals surface area contributed by atoms with Gasteiger partial charge in [-0.2, -0.15) is 4.72 Å². The Morgan fingerprint density at radius 2 is 1.65 bits per heavy atom. The van der Waals surface area contributed by atoms with Crippen LogP contribution in [0.25, 0.3) is 0 Å². The molecule has 0 spiro atoms. The van der Waals surface area contributed by atoms with E-state index in [2.05, 4.69) is 10.0 Å². The van der Waals surface area contributed by atoms with Gasteiger partial charge in [-0.05, 0) is 63.3 Å².